The number of piperidine rings is 1. The van der Waals surface area contributed by atoms with Crippen molar-refractivity contribution in [3.05, 3.63) is 29.8 Å². The van der Waals surface area contributed by atoms with Crippen molar-refractivity contribution in [1.29, 1.82) is 0 Å². The van der Waals surface area contributed by atoms with Crippen LogP contribution in [0.4, 0.5) is 0 Å². The van der Waals surface area contributed by atoms with Crippen LogP contribution in [0.2, 0.25) is 0 Å². The molecule has 2 amide bonds. The maximum absolute atomic E-state index is 13.0. The van der Waals surface area contributed by atoms with Crippen LogP contribution in [0.15, 0.2) is 24.3 Å². The minimum absolute atomic E-state index is 0.00290. The molecular formula is C21H31N3O3. The molecule has 0 saturated carbocycles. The number of carbonyl (C=O) groups excluding carboxylic acids is 2. The first-order valence-corrected chi connectivity index (χ1v) is 10.1. The van der Waals surface area contributed by atoms with Crippen LogP contribution in [0.25, 0.3) is 0 Å². The molecule has 27 heavy (non-hydrogen) atoms. The van der Waals surface area contributed by atoms with Crippen molar-refractivity contribution in [1.82, 2.24) is 15.5 Å². The SMILES string of the molecule is CCCCN1C(=O)CC(C(=O)NC2CCCNC2)C1c1ccc(OC)cc1. The Hall–Kier alpha value is -2.08. The summed E-state index contributed by atoms with van der Waals surface area (Å²) in [6, 6.07) is 7.70. The van der Waals surface area contributed by atoms with Crippen molar-refractivity contribution < 1.29 is 14.3 Å². The van der Waals surface area contributed by atoms with Crippen molar-refractivity contribution in [3.63, 3.8) is 0 Å². The highest BCUT2D eigenvalue weighted by Gasteiger charge is 2.44. The number of hydrogen-bond acceptors (Lipinski definition) is 4. The Balaban J connectivity index is 1.80. The zero-order chi connectivity index (χ0) is 19.2. The molecule has 0 aliphatic carbocycles. The molecule has 6 heteroatoms. The highest BCUT2D eigenvalue weighted by molar-refractivity contribution is 5.90. The quantitative estimate of drug-likeness (QED) is 0.769. The minimum atomic E-state index is -0.343. The second-order valence-electron chi connectivity index (χ2n) is 7.52. The van der Waals surface area contributed by atoms with E-state index in [1.54, 1.807) is 7.11 Å². The second-order valence-corrected chi connectivity index (χ2v) is 7.52. The average molecular weight is 373 g/mol. The summed E-state index contributed by atoms with van der Waals surface area (Å²) in [5.41, 5.74) is 1.000. The molecule has 2 aliphatic heterocycles. The van der Waals surface area contributed by atoms with Crippen molar-refractivity contribution in [2.45, 2.75) is 51.1 Å². The number of amides is 2. The number of benzene rings is 1. The van der Waals surface area contributed by atoms with Gasteiger partial charge in [0.05, 0.1) is 19.1 Å². The van der Waals surface area contributed by atoms with Gasteiger partial charge in [-0.3, -0.25) is 9.59 Å². The molecular weight excluding hydrogens is 342 g/mol. The van der Waals surface area contributed by atoms with Gasteiger partial charge in [0.25, 0.3) is 0 Å². The summed E-state index contributed by atoms with van der Waals surface area (Å²) in [6.07, 6.45) is 4.31. The zero-order valence-electron chi connectivity index (χ0n) is 16.4. The van der Waals surface area contributed by atoms with Crippen LogP contribution in [0.1, 0.15) is 50.6 Å². The highest BCUT2D eigenvalue weighted by atomic mass is 16.5. The van der Waals surface area contributed by atoms with E-state index < -0.39 is 0 Å². The van der Waals surface area contributed by atoms with Crippen LogP contribution in [0.3, 0.4) is 0 Å². The molecule has 2 aliphatic rings. The molecule has 0 bridgehead atoms. The van der Waals surface area contributed by atoms with Crippen LogP contribution >= 0.6 is 0 Å². The summed E-state index contributed by atoms with van der Waals surface area (Å²) in [4.78, 5) is 27.6. The molecule has 0 aromatic heterocycles. The van der Waals surface area contributed by atoms with Gasteiger partial charge in [0.2, 0.25) is 11.8 Å². The van der Waals surface area contributed by atoms with Gasteiger partial charge in [-0.25, -0.2) is 0 Å². The first-order chi connectivity index (χ1) is 13.1. The van der Waals surface area contributed by atoms with E-state index in [0.29, 0.717) is 6.54 Å². The zero-order valence-corrected chi connectivity index (χ0v) is 16.4. The predicted octanol–water partition coefficient (Wildman–Crippen LogP) is 2.25. The molecule has 2 saturated heterocycles. The van der Waals surface area contributed by atoms with Gasteiger partial charge >= 0.3 is 0 Å². The van der Waals surface area contributed by atoms with Crippen LogP contribution in [-0.2, 0) is 9.59 Å². The fourth-order valence-corrected chi connectivity index (χ4v) is 4.11. The lowest BCUT2D eigenvalue weighted by Crippen LogP contribution is -2.48. The van der Waals surface area contributed by atoms with Gasteiger partial charge in [0.15, 0.2) is 0 Å². The normalized spacial score (nSPS) is 25.5. The number of unbranched alkanes of at least 4 members (excludes halogenated alkanes) is 1. The van der Waals surface area contributed by atoms with Crippen LogP contribution in [0, 0.1) is 5.92 Å². The van der Waals surface area contributed by atoms with Gasteiger partial charge in [0, 0.05) is 25.6 Å². The Labute approximate surface area is 161 Å². The van der Waals surface area contributed by atoms with Gasteiger partial charge in [0.1, 0.15) is 5.75 Å². The first kappa shape index (κ1) is 19.7. The van der Waals surface area contributed by atoms with Crippen LogP contribution in [0.5, 0.6) is 5.75 Å². The van der Waals surface area contributed by atoms with Crippen molar-refractivity contribution in [3.8, 4) is 5.75 Å². The fraction of sp³-hybridized carbons (Fsp3) is 0.619. The Morgan fingerprint density at radius 3 is 2.74 bits per heavy atom. The maximum atomic E-state index is 13.0. The number of nitrogens with zero attached hydrogens (tertiary/aromatic N) is 1. The van der Waals surface area contributed by atoms with Crippen molar-refractivity contribution in [2.24, 2.45) is 5.92 Å². The smallest absolute Gasteiger partial charge is 0.226 e. The van der Waals surface area contributed by atoms with E-state index >= 15 is 0 Å². The molecule has 2 N–H and O–H groups in total. The van der Waals surface area contributed by atoms with E-state index in [4.69, 9.17) is 4.74 Å². The van der Waals surface area contributed by atoms with E-state index in [9.17, 15) is 9.59 Å². The van der Waals surface area contributed by atoms with Gasteiger partial charge in [-0.15, -0.1) is 0 Å². The topological polar surface area (TPSA) is 70.7 Å². The first-order valence-electron chi connectivity index (χ1n) is 10.1. The molecule has 6 nitrogen and oxygen atoms in total. The third kappa shape index (κ3) is 4.61. The lowest BCUT2D eigenvalue weighted by atomic mass is 9.92. The molecule has 1 aromatic carbocycles. The minimum Gasteiger partial charge on any atom is -0.497 e. The third-order valence-corrected chi connectivity index (χ3v) is 5.62. The second kappa shape index (κ2) is 9.22. The summed E-state index contributed by atoms with van der Waals surface area (Å²) in [5, 5.41) is 6.50. The van der Waals surface area contributed by atoms with E-state index in [0.717, 1.165) is 50.1 Å². The number of nitrogens with one attached hydrogen (secondary N) is 2. The molecule has 3 rings (SSSR count). The van der Waals surface area contributed by atoms with Gasteiger partial charge in [-0.05, 0) is 43.5 Å². The summed E-state index contributed by atoms with van der Waals surface area (Å²) in [6.45, 7) is 4.62. The summed E-state index contributed by atoms with van der Waals surface area (Å²) in [5.74, 6) is 0.505. The van der Waals surface area contributed by atoms with Gasteiger partial charge in [-0.2, -0.15) is 0 Å². The van der Waals surface area contributed by atoms with E-state index in [1.165, 1.54) is 0 Å². The third-order valence-electron chi connectivity index (χ3n) is 5.62. The van der Waals surface area contributed by atoms with E-state index in [1.807, 2.05) is 29.2 Å². The van der Waals surface area contributed by atoms with Gasteiger partial charge in [-0.1, -0.05) is 25.5 Å². The molecule has 1 aromatic rings. The number of hydrogen-bond donors (Lipinski definition) is 2. The van der Waals surface area contributed by atoms with Crippen LogP contribution < -0.4 is 15.4 Å². The summed E-state index contributed by atoms with van der Waals surface area (Å²) in [7, 11) is 1.64. The van der Waals surface area contributed by atoms with E-state index in [-0.39, 0.29) is 36.2 Å². The number of likely N-dealkylation sites (tertiary alicyclic amines) is 1. The summed E-state index contributed by atoms with van der Waals surface area (Å²) < 4.78 is 5.25. The maximum Gasteiger partial charge on any atom is 0.226 e. The monoisotopic (exact) mass is 373 g/mol. The lowest BCUT2D eigenvalue weighted by Gasteiger charge is -2.30. The molecule has 3 atom stereocenters. The Kier molecular flexibility index (Phi) is 6.72. The van der Waals surface area contributed by atoms with Crippen molar-refractivity contribution in [2.75, 3.05) is 26.7 Å². The largest absolute Gasteiger partial charge is 0.497 e. The van der Waals surface area contributed by atoms with Crippen LogP contribution in [-0.4, -0.2) is 49.5 Å². The Morgan fingerprint density at radius 1 is 1.33 bits per heavy atom. The van der Waals surface area contributed by atoms with Gasteiger partial charge < -0.3 is 20.3 Å². The molecule has 148 valence electrons. The number of rotatable bonds is 7. The molecule has 2 fully saturated rings. The average Bonchev–Trinajstić information content (AvgIpc) is 3.03. The molecule has 0 spiro atoms. The highest BCUT2D eigenvalue weighted by Crippen LogP contribution is 2.39. The standard InChI is InChI=1S/C21H31N3O3/c1-3-4-12-24-19(25)13-18(21(26)23-16-6-5-11-22-14-16)20(24)15-7-9-17(27-2)10-8-15/h7-10,16,18,20,22H,3-6,11-14H2,1-2H3,(H,23,26). The fourth-order valence-electron chi connectivity index (χ4n) is 4.11. The number of ether oxygens (including phenoxy) is 1. The number of methoxy groups -OCH3 is 1. The molecule has 2 heterocycles. The van der Waals surface area contributed by atoms with E-state index in [2.05, 4.69) is 17.6 Å². The summed E-state index contributed by atoms with van der Waals surface area (Å²) >= 11 is 0. The van der Waals surface area contributed by atoms with Crippen molar-refractivity contribution >= 4 is 11.8 Å². The Bertz CT molecular complexity index is 641. The molecule has 0 radical (unpaired) electrons. The lowest BCUT2D eigenvalue weighted by molar-refractivity contribution is -0.129. The predicted molar refractivity (Wildman–Crippen MR) is 104 cm³/mol. The Morgan fingerprint density at radius 2 is 2.11 bits per heavy atom. The number of carbonyl (C=O) groups is 2. The molecule has 3 unspecified atom stereocenters.